The van der Waals surface area contributed by atoms with Gasteiger partial charge in [-0.1, -0.05) is 11.1 Å². The number of anilines is 7. The number of carbonyl (C=O) groups is 1. The highest BCUT2D eigenvalue weighted by molar-refractivity contribution is 7.94. The topological polar surface area (TPSA) is 359 Å². The summed E-state index contributed by atoms with van der Waals surface area (Å²) >= 11 is 6.62. The molecule has 8 N–H and O–H groups in total. The zero-order valence-corrected chi connectivity index (χ0v) is 37.3. The molecule has 1 fully saturated rings. The summed E-state index contributed by atoms with van der Waals surface area (Å²) in [5.41, 5.74) is -0.305. The van der Waals surface area contributed by atoms with Gasteiger partial charge in [-0.15, -0.1) is 19.5 Å². The van der Waals surface area contributed by atoms with Crippen LogP contribution < -0.4 is 25.4 Å². The smallest absolute Gasteiger partial charge is 0.444 e. The molecule has 1 saturated heterocycles. The van der Waals surface area contributed by atoms with Crippen LogP contribution in [0.2, 0.25) is 5.28 Å². The fourth-order valence-corrected chi connectivity index (χ4v) is 8.16. The van der Waals surface area contributed by atoms with E-state index < -0.39 is 47.4 Å². The van der Waals surface area contributed by atoms with E-state index in [0.29, 0.717) is 55.4 Å². The number of benzene rings is 4. The molecule has 0 atom stereocenters. The number of nitrogens with one attached hydrogen (secondary N) is 3. The van der Waals surface area contributed by atoms with Gasteiger partial charge in [-0.05, 0) is 99.8 Å². The molecule has 4 heterocycles. The summed E-state index contributed by atoms with van der Waals surface area (Å²) in [6.07, 6.45) is 2.65. The quantitative estimate of drug-likeness (QED) is 0.0138. The second-order valence-electron chi connectivity index (χ2n) is 13.9. The maximum absolute atomic E-state index is 12.6. The van der Waals surface area contributed by atoms with E-state index in [1.54, 1.807) is 12.1 Å². The van der Waals surface area contributed by atoms with Gasteiger partial charge in [0, 0.05) is 35.5 Å². The van der Waals surface area contributed by atoms with Crippen LogP contribution in [0.15, 0.2) is 116 Å². The maximum Gasteiger partial charge on any atom is 0.444 e. The monoisotopic (exact) mass is 1010 g/mol. The Kier molecular flexibility index (Phi) is 13.8. The predicted molar refractivity (Wildman–Crippen MR) is 239 cm³/mol. The average molecular weight is 1010 g/mol. The van der Waals surface area contributed by atoms with E-state index in [0.717, 1.165) is 24.3 Å². The molecule has 1 aliphatic heterocycles. The highest BCUT2D eigenvalue weighted by atomic mass is 35.5. The predicted octanol–water partition coefficient (Wildman–Crippen LogP) is 5.95. The summed E-state index contributed by atoms with van der Waals surface area (Å²) < 4.78 is 79.9. The Morgan fingerprint density at radius 3 is 2.19 bits per heavy atom. The molecule has 0 spiro atoms. The Bertz CT molecular complexity index is 3350. The molecule has 1 aliphatic rings. The van der Waals surface area contributed by atoms with E-state index >= 15 is 0 Å². The largest absolute Gasteiger partial charge is 0.505 e. The fourth-order valence-electron chi connectivity index (χ4n) is 6.38. The number of rotatable bonds is 16. The lowest BCUT2D eigenvalue weighted by molar-refractivity contribution is -0.603. The number of hydrogen-bond donors (Lipinski definition) is 8. The zero-order valence-electron chi connectivity index (χ0n) is 34.1. The molecule has 0 aliphatic carbocycles. The summed E-state index contributed by atoms with van der Waals surface area (Å²) in [7, 11) is -9.58. The van der Waals surface area contributed by atoms with Crippen molar-refractivity contribution < 1.29 is 64.9 Å². The van der Waals surface area contributed by atoms with Crippen LogP contribution in [0.4, 0.5) is 52.2 Å². The standard InChI is InChI=1S/C38H30ClN13O13S3/c39-33-43-34(46-37(44-33)51-11-13-63-14-12-51)41-23-6-8-26-21(15-23)16-28(66-65-64-56)30(31(26)53)50-49-27-18-24(7-9-29(27)68(60,61)62)42-36-45-35(40-22-4-1-5-25(17-22)67(57,58)59)47-38(48-36)52-10-2-3-20(19-52)32(54)55/h1-10,15-19H,11-14H2,(H7-,40,41,42,43,44,45,46,47,48,49,53,54,55,56,57,58,59,60,61,62)/p+1. The first kappa shape index (κ1) is 47.2. The molecule has 4 aromatic carbocycles. The number of carboxylic acids is 1. The van der Waals surface area contributed by atoms with Crippen molar-refractivity contribution in [2.45, 2.75) is 14.7 Å². The van der Waals surface area contributed by atoms with Gasteiger partial charge >= 0.3 is 23.8 Å². The molecule has 0 amide bonds. The molecule has 0 saturated carbocycles. The number of fused-ring (bicyclic) bond motifs is 1. The van der Waals surface area contributed by atoms with Gasteiger partial charge in [-0.2, -0.15) is 31.8 Å². The van der Waals surface area contributed by atoms with E-state index in [9.17, 15) is 40.9 Å². The molecule has 3 aromatic heterocycles. The van der Waals surface area contributed by atoms with Gasteiger partial charge in [0.1, 0.15) is 16.3 Å². The average Bonchev–Trinajstić information content (AvgIpc) is 3.30. The lowest BCUT2D eigenvalue weighted by Crippen LogP contribution is -2.37. The summed E-state index contributed by atoms with van der Waals surface area (Å²) in [6.45, 7) is 2.07. The molecule has 0 bridgehead atoms. The lowest BCUT2D eigenvalue weighted by Gasteiger charge is -2.26. The van der Waals surface area contributed by atoms with Crippen molar-refractivity contribution >= 4 is 113 Å². The summed E-state index contributed by atoms with van der Waals surface area (Å²) in [5.74, 6) is -1.88. The van der Waals surface area contributed by atoms with E-state index in [-0.39, 0.29) is 62.0 Å². The number of pyridine rings is 1. The van der Waals surface area contributed by atoms with Crippen molar-refractivity contribution in [2.24, 2.45) is 10.2 Å². The van der Waals surface area contributed by atoms with Crippen molar-refractivity contribution in [1.29, 1.82) is 0 Å². The van der Waals surface area contributed by atoms with Gasteiger partial charge in [0.15, 0.2) is 5.75 Å². The molecule has 350 valence electrons. The van der Waals surface area contributed by atoms with Gasteiger partial charge in [0.2, 0.25) is 17.2 Å². The Balaban J connectivity index is 1.14. The molecule has 68 heavy (non-hydrogen) atoms. The van der Waals surface area contributed by atoms with Crippen molar-refractivity contribution in [3.63, 3.8) is 0 Å². The van der Waals surface area contributed by atoms with E-state index in [2.05, 4.69) is 65.5 Å². The minimum absolute atomic E-state index is 0.00483. The highest BCUT2D eigenvalue weighted by Crippen LogP contribution is 2.45. The number of aromatic hydroxyl groups is 1. The van der Waals surface area contributed by atoms with Crippen LogP contribution in [-0.4, -0.2) is 104 Å². The zero-order chi connectivity index (χ0) is 48.2. The third-order valence-electron chi connectivity index (χ3n) is 9.39. The van der Waals surface area contributed by atoms with Gasteiger partial charge in [0.25, 0.3) is 20.2 Å². The highest BCUT2D eigenvalue weighted by Gasteiger charge is 2.24. The fraction of sp³-hybridized carbons (Fsp3) is 0.105. The number of azo groups is 1. The van der Waals surface area contributed by atoms with Crippen molar-refractivity contribution in [3.05, 3.63) is 102 Å². The Morgan fingerprint density at radius 1 is 0.809 bits per heavy atom. The third kappa shape index (κ3) is 11.3. The van der Waals surface area contributed by atoms with Gasteiger partial charge in [-0.3, -0.25) is 9.11 Å². The number of phenolic OH excluding ortho intramolecular Hbond substituents is 1. The number of phenols is 1. The maximum atomic E-state index is 12.6. The first-order valence-electron chi connectivity index (χ1n) is 19.1. The second kappa shape index (κ2) is 19.9. The molecule has 0 unspecified atom stereocenters. The number of hydrogen-bond acceptors (Lipinski definition) is 23. The van der Waals surface area contributed by atoms with Crippen LogP contribution in [0, 0.1) is 0 Å². The Hall–Kier alpha value is -7.32. The van der Waals surface area contributed by atoms with Gasteiger partial charge in [0.05, 0.1) is 53.0 Å². The van der Waals surface area contributed by atoms with Crippen LogP contribution >= 0.6 is 23.6 Å². The van der Waals surface area contributed by atoms with Crippen molar-refractivity contribution in [2.75, 3.05) is 47.2 Å². The second-order valence-corrected chi connectivity index (χ2v) is 17.8. The van der Waals surface area contributed by atoms with Crippen LogP contribution in [0.5, 0.6) is 5.75 Å². The van der Waals surface area contributed by atoms with Crippen LogP contribution in [-0.2, 0) is 34.3 Å². The molecule has 8 rings (SSSR count). The molecular weight excluding hydrogens is 978 g/mol. The molecular formula is C38H31ClN13O13S3+. The number of aromatic nitrogens is 7. The number of carboxylic acid groups (broad SMARTS) is 1. The number of nitrogens with zero attached hydrogens (tertiary/aromatic N) is 10. The summed E-state index contributed by atoms with van der Waals surface area (Å²) in [5, 5.41) is 51.4. The molecule has 26 nitrogen and oxygen atoms in total. The summed E-state index contributed by atoms with van der Waals surface area (Å²) in [4.78, 5) is 38.3. The third-order valence-corrected chi connectivity index (χ3v) is 11.9. The lowest BCUT2D eigenvalue weighted by atomic mass is 10.1. The number of ether oxygens (including phenoxy) is 1. The SMILES string of the molecule is O=C(O)c1ccc[n+](-c2nc(Nc3cccc(S(=O)(=O)O)c3)nc(Nc3ccc(S(=O)(=O)O)c(N=Nc4c(SOOO)cc5cc(Nc6nc(Cl)nc(N7CCOCC7)n6)ccc5c4O)c3)n2)c1. The Morgan fingerprint density at radius 2 is 1.50 bits per heavy atom. The van der Waals surface area contributed by atoms with E-state index in [1.807, 2.05) is 4.90 Å². The van der Waals surface area contributed by atoms with Gasteiger partial charge in [-0.25, -0.2) is 14.6 Å². The number of morpholine rings is 1. The van der Waals surface area contributed by atoms with Gasteiger partial charge < -0.3 is 35.8 Å². The van der Waals surface area contributed by atoms with Crippen LogP contribution in [0.1, 0.15) is 10.4 Å². The van der Waals surface area contributed by atoms with E-state index in [1.165, 1.54) is 59.4 Å². The Labute approximate surface area is 391 Å². The van der Waals surface area contributed by atoms with Crippen LogP contribution in [0.25, 0.3) is 16.7 Å². The normalized spacial score (nSPS) is 13.2. The van der Waals surface area contributed by atoms with Crippen molar-refractivity contribution in [3.8, 4) is 11.7 Å². The van der Waals surface area contributed by atoms with Crippen LogP contribution in [0.3, 0.4) is 0 Å². The first-order valence-corrected chi connectivity index (χ1v) is 23.1. The molecule has 7 aromatic rings. The minimum atomic E-state index is -4.98. The molecule has 30 heteroatoms. The summed E-state index contributed by atoms with van der Waals surface area (Å²) in [6, 6.07) is 17.3. The number of halogens is 1. The van der Waals surface area contributed by atoms with E-state index in [4.69, 9.17) is 21.6 Å². The number of aromatic carboxylic acids is 1. The molecule has 0 radical (unpaired) electrons. The van der Waals surface area contributed by atoms with Crippen molar-refractivity contribution in [1.82, 2.24) is 29.9 Å². The minimum Gasteiger partial charge on any atom is -0.505 e. The first-order chi connectivity index (χ1) is 32.5.